The molecule has 0 bridgehead atoms. The van der Waals surface area contributed by atoms with E-state index in [1.165, 1.54) is 12.8 Å². The van der Waals surface area contributed by atoms with Gasteiger partial charge in [0.1, 0.15) is 0 Å². The Hall–Kier alpha value is -1.35. The SMILES string of the molecule is C[C@H]1CCCCCN1C(=O)C[C@@H](N)c1ccccc1. The Labute approximate surface area is 115 Å². The second kappa shape index (κ2) is 6.71. The zero-order valence-corrected chi connectivity index (χ0v) is 11.7. The molecule has 0 saturated carbocycles. The Balaban J connectivity index is 1.96. The maximum Gasteiger partial charge on any atom is 0.224 e. The number of hydrogen-bond donors (Lipinski definition) is 1. The highest BCUT2D eigenvalue weighted by atomic mass is 16.2. The van der Waals surface area contributed by atoms with E-state index in [1.54, 1.807) is 0 Å². The number of benzene rings is 1. The van der Waals surface area contributed by atoms with Gasteiger partial charge in [0.15, 0.2) is 0 Å². The summed E-state index contributed by atoms with van der Waals surface area (Å²) in [6.07, 6.45) is 5.12. The Morgan fingerprint density at radius 2 is 2.05 bits per heavy atom. The lowest BCUT2D eigenvalue weighted by Crippen LogP contribution is -2.39. The minimum atomic E-state index is -0.191. The van der Waals surface area contributed by atoms with E-state index in [1.807, 2.05) is 35.2 Å². The molecular weight excluding hydrogens is 236 g/mol. The summed E-state index contributed by atoms with van der Waals surface area (Å²) in [5, 5.41) is 0. The van der Waals surface area contributed by atoms with Crippen LogP contribution in [0.2, 0.25) is 0 Å². The van der Waals surface area contributed by atoms with Crippen molar-refractivity contribution in [1.29, 1.82) is 0 Å². The lowest BCUT2D eigenvalue weighted by molar-refractivity contribution is -0.133. The maximum absolute atomic E-state index is 12.4. The summed E-state index contributed by atoms with van der Waals surface area (Å²) >= 11 is 0. The van der Waals surface area contributed by atoms with Gasteiger partial charge in [0, 0.05) is 25.0 Å². The van der Waals surface area contributed by atoms with Crippen LogP contribution >= 0.6 is 0 Å². The predicted octanol–water partition coefficient (Wildman–Crippen LogP) is 2.87. The van der Waals surface area contributed by atoms with Crippen LogP contribution in [0.25, 0.3) is 0 Å². The molecule has 1 heterocycles. The first-order valence-electron chi connectivity index (χ1n) is 7.28. The van der Waals surface area contributed by atoms with Gasteiger partial charge in [0.2, 0.25) is 5.91 Å². The third-order valence-corrected chi connectivity index (χ3v) is 4.00. The number of hydrogen-bond acceptors (Lipinski definition) is 2. The molecule has 0 aliphatic carbocycles. The minimum Gasteiger partial charge on any atom is -0.340 e. The van der Waals surface area contributed by atoms with Gasteiger partial charge in [-0.05, 0) is 25.3 Å². The van der Waals surface area contributed by atoms with Gasteiger partial charge in [-0.25, -0.2) is 0 Å². The Morgan fingerprint density at radius 3 is 2.79 bits per heavy atom. The van der Waals surface area contributed by atoms with Crippen LogP contribution in [0.1, 0.15) is 50.6 Å². The highest BCUT2D eigenvalue weighted by Crippen LogP contribution is 2.20. The van der Waals surface area contributed by atoms with E-state index in [0.717, 1.165) is 24.9 Å². The smallest absolute Gasteiger partial charge is 0.224 e. The van der Waals surface area contributed by atoms with Gasteiger partial charge >= 0.3 is 0 Å². The molecule has 1 aliphatic rings. The molecule has 1 aromatic carbocycles. The summed E-state index contributed by atoms with van der Waals surface area (Å²) in [5.41, 5.74) is 7.18. The molecule has 1 aromatic rings. The maximum atomic E-state index is 12.4. The quantitative estimate of drug-likeness (QED) is 0.908. The molecule has 2 N–H and O–H groups in total. The predicted molar refractivity (Wildman–Crippen MR) is 77.6 cm³/mol. The fraction of sp³-hybridized carbons (Fsp3) is 0.562. The largest absolute Gasteiger partial charge is 0.340 e. The van der Waals surface area contributed by atoms with Gasteiger partial charge < -0.3 is 10.6 Å². The van der Waals surface area contributed by atoms with Gasteiger partial charge in [-0.2, -0.15) is 0 Å². The number of carbonyl (C=O) groups excluding carboxylic acids is 1. The van der Waals surface area contributed by atoms with Gasteiger partial charge in [-0.1, -0.05) is 43.2 Å². The van der Waals surface area contributed by atoms with Crippen LogP contribution in [0.5, 0.6) is 0 Å². The zero-order valence-electron chi connectivity index (χ0n) is 11.7. The van der Waals surface area contributed by atoms with Crippen molar-refractivity contribution >= 4 is 5.91 Å². The molecular formula is C16H24N2O. The third-order valence-electron chi connectivity index (χ3n) is 4.00. The first-order valence-corrected chi connectivity index (χ1v) is 7.28. The molecule has 0 spiro atoms. The van der Waals surface area contributed by atoms with Crippen LogP contribution in [-0.2, 0) is 4.79 Å². The zero-order chi connectivity index (χ0) is 13.7. The molecule has 2 atom stereocenters. The van der Waals surface area contributed by atoms with Crippen LogP contribution in [0, 0.1) is 0 Å². The summed E-state index contributed by atoms with van der Waals surface area (Å²) < 4.78 is 0. The molecule has 1 fully saturated rings. The molecule has 0 aromatic heterocycles. The van der Waals surface area contributed by atoms with Crippen molar-refractivity contribution in [1.82, 2.24) is 4.90 Å². The molecule has 1 saturated heterocycles. The third kappa shape index (κ3) is 3.80. The van der Waals surface area contributed by atoms with Gasteiger partial charge in [0.25, 0.3) is 0 Å². The van der Waals surface area contributed by atoms with E-state index >= 15 is 0 Å². The van der Waals surface area contributed by atoms with E-state index in [-0.39, 0.29) is 11.9 Å². The normalized spacial score (nSPS) is 21.8. The van der Waals surface area contributed by atoms with Crippen molar-refractivity contribution in [2.45, 2.75) is 51.1 Å². The van der Waals surface area contributed by atoms with Crippen molar-refractivity contribution in [3.63, 3.8) is 0 Å². The fourth-order valence-corrected chi connectivity index (χ4v) is 2.77. The monoisotopic (exact) mass is 260 g/mol. The second-order valence-electron chi connectivity index (χ2n) is 5.51. The molecule has 19 heavy (non-hydrogen) atoms. The van der Waals surface area contributed by atoms with Crippen molar-refractivity contribution in [2.24, 2.45) is 5.73 Å². The topological polar surface area (TPSA) is 46.3 Å². The van der Waals surface area contributed by atoms with Crippen molar-refractivity contribution in [3.8, 4) is 0 Å². The number of nitrogens with zero attached hydrogens (tertiary/aromatic N) is 1. The van der Waals surface area contributed by atoms with E-state index < -0.39 is 0 Å². The van der Waals surface area contributed by atoms with Crippen molar-refractivity contribution in [2.75, 3.05) is 6.54 Å². The first kappa shape index (κ1) is 14.1. The average molecular weight is 260 g/mol. The number of rotatable bonds is 3. The summed E-state index contributed by atoms with van der Waals surface area (Å²) in [6, 6.07) is 10.0. The summed E-state index contributed by atoms with van der Waals surface area (Å²) in [6.45, 7) is 3.04. The molecule has 3 nitrogen and oxygen atoms in total. The van der Waals surface area contributed by atoms with E-state index in [2.05, 4.69) is 6.92 Å². The molecule has 0 radical (unpaired) electrons. The van der Waals surface area contributed by atoms with Crippen LogP contribution in [-0.4, -0.2) is 23.4 Å². The number of nitrogens with two attached hydrogens (primary N) is 1. The average Bonchev–Trinajstić information content (AvgIpc) is 2.64. The Morgan fingerprint density at radius 1 is 1.32 bits per heavy atom. The van der Waals surface area contributed by atoms with Crippen LogP contribution < -0.4 is 5.73 Å². The second-order valence-corrected chi connectivity index (χ2v) is 5.51. The molecule has 3 heteroatoms. The van der Waals surface area contributed by atoms with Crippen LogP contribution in [0.3, 0.4) is 0 Å². The van der Waals surface area contributed by atoms with Crippen LogP contribution in [0.4, 0.5) is 0 Å². The summed E-state index contributed by atoms with van der Waals surface area (Å²) in [7, 11) is 0. The van der Waals surface area contributed by atoms with Crippen molar-refractivity contribution in [3.05, 3.63) is 35.9 Å². The molecule has 1 amide bonds. The number of carbonyl (C=O) groups is 1. The van der Waals surface area contributed by atoms with E-state index in [0.29, 0.717) is 12.5 Å². The van der Waals surface area contributed by atoms with Gasteiger partial charge in [0.05, 0.1) is 0 Å². The number of likely N-dealkylation sites (tertiary alicyclic amines) is 1. The Kier molecular flexibility index (Phi) is 4.97. The van der Waals surface area contributed by atoms with E-state index in [9.17, 15) is 4.79 Å². The molecule has 2 rings (SSSR count). The van der Waals surface area contributed by atoms with Crippen LogP contribution in [0.15, 0.2) is 30.3 Å². The first-order chi connectivity index (χ1) is 9.18. The highest BCUT2D eigenvalue weighted by Gasteiger charge is 2.23. The molecule has 0 unspecified atom stereocenters. The lowest BCUT2D eigenvalue weighted by atomic mass is 10.0. The van der Waals surface area contributed by atoms with E-state index in [4.69, 9.17) is 5.73 Å². The molecule has 1 aliphatic heterocycles. The standard InChI is InChI=1S/C16H24N2O/c1-13-8-4-3-7-11-18(13)16(19)12-15(17)14-9-5-2-6-10-14/h2,5-6,9-10,13,15H,3-4,7-8,11-12,17H2,1H3/t13-,15+/m0/s1. The van der Waals surface area contributed by atoms with Gasteiger partial charge in [-0.3, -0.25) is 4.79 Å². The highest BCUT2D eigenvalue weighted by molar-refractivity contribution is 5.77. The molecule has 104 valence electrons. The Bertz CT molecular complexity index is 404. The number of amides is 1. The summed E-state index contributed by atoms with van der Waals surface area (Å²) in [4.78, 5) is 14.4. The lowest BCUT2D eigenvalue weighted by Gasteiger charge is -2.28. The minimum absolute atomic E-state index is 0.191. The van der Waals surface area contributed by atoms with Crippen molar-refractivity contribution < 1.29 is 4.79 Å². The van der Waals surface area contributed by atoms with Gasteiger partial charge in [-0.15, -0.1) is 0 Å². The fourth-order valence-electron chi connectivity index (χ4n) is 2.77. The summed E-state index contributed by atoms with van der Waals surface area (Å²) in [5.74, 6) is 0.200.